The number of hydrogen-bond donors (Lipinski definition) is 0. The summed E-state index contributed by atoms with van der Waals surface area (Å²) in [6.45, 7) is 0. The smallest absolute Gasteiger partial charge is 0.240 e. The Kier molecular flexibility index (Phi) is 1.63. The molecule has 2 amide bonds. The number of benzene rings is 1. The minimum atomic E-state index is -0.346. The number of imide groups is 1. The van der Waals surface area contributed by atoms with Gasteiger partial charge in [-0.05, 0) is 12.1 Å². The molecule has 6 atom stereocenters. The molecule has 6 unspecified atom stereocenters. The first-order chi connectivity index (χ1) is 9.27. The molecule has 2 bridgehead atoms. The highest BCUT2D eigenvalue weighted by Gasteiger charge is 2.75. The summed E-state index contributed by atoms with van der Waals surface area (Å²) in [6, 6.07) is 9.10. The number of nitrogens with zero attached hydrogens (tertiary/aromatic N) is 1. The van der Waals surface area contributed by atoms with Crippen LogP contribution in [0, 0.1) is 11.8 Å². The second-order valence-corrected chi connectivity index (χ2v) is 5.53. The van der Waals surface area contributed by atoms with Crippen LogP contribution in [0.2, 0.25) is 0 Å². The van der Waals surface area contributed by atoms with E-state index in [1.807, 2.05) is 18.2 Å². The van der Waals surface area contributed by atoms with Gasteiger partial charge in [0.1, 0.15) is 12.2 Å². The highest BCUT2D eigenvalue weighted by atomic mass is 16.7. The topological polar surface area (TPSA) is 59.1 Å². The van der Waals surface area contributed by atoms with Gasteiger partial charge in [-0.1, -0.05) is 18.2 Å². The summed E-state index contributed by atoms with van der Waals surface area (Å²) in [5, 5.41) is 0. The number of epoxide rings is 1. The van der Waals surface area contributed by atoms with Crippen LogP contribution >= 0.6 is 0 Å². The van der Waals surface area contributed by atoms with Gasteiger partial charge in [-0.2, -0.15) is 0 Å². The lowest BCUT2D eigenvalue weighted by molar-refractivity contribution is -0.126. The Labute approximate surface area is 109 Å². The number of carbonyl (C=O) groups excluding carboxylic acids is 2. The van der Waals surface area contributed by atoms with Gasteiger partial charge in [-0.3, -0.25) is 9.59 Å². The van der Waals surface area contributed by atoms with E-state index >= 15 is 0 Å². The second kappa shape index (κ2) is 3.05. The molecule has 19 heavy (non-hydrogen) atoms. The predicted octanol–water partition coefficient (Wildman–Crippen LogP) is 0.341. The number of carbonyl (C=O) groups is 2. The number of para-hydroxylation sites is 1. The molecule has 5 nitrogen and oxygen atoms in total. The van der Waals surface area contributed by atoms with Crippen molar-refractivity contribution in [3.05, 3.63) is 30.3 Å². The molecule has 4 heterocycles. The van der Waals surface area contributed by atoms with Crippen LogP contribution < -0.4 is 4.90 Å². The maximum atomic E-state index is 12.5. The van der Waals surface area contributed by atoms with Crippen LogP contribution in [0.1, 0.15) is 0 Å². The van der Waals surface area contributed by atoms with Gasteiger partial charge in [0.2, 0.25) is 11.8 Å². The van der Waals surface area contributed by atoms with Crippen molar-refractivity contribution in [2.75, 3.05) is 4.90 Å². The number of anilines is 1. The normalized spacial score (nSPS) is 45.6. The van der Waals surface area contributed by atoms with Crippen LogP contribution in [0.4, 0.5) is 5.69 Å². The van der Waals surface area contributed by atoms with Crippen LogP contribution in [0.15, 0.2) is 30.3 Å². The van der Waals surface area contributed by atoms with Crippen molar-refractivity contribution in [2.45, 2.75) is 24.4 Å². The first-order valence-corrected chi connectivity index (χ1v) is 6.51. The van der Waals surface area contributed by atoms with Crippen molar-refractivity contribution in [2.24, 2.45) is 11.8 Å². The third-order valence-corrected chi connectivity index (χ3v) is 4.64. The third kappa shape index (κ3) is 1.05. The SMILES string of the molecule is O=C1C2C3OC(C4OC43)C2C(=O)N1c1ccccc1. The van der Waals surface area contributed by atoms with E-state index in [0.29, 0.717) is 5.69 Å². The van der Waals surface area contributed by atoms with E-state index in [1.54, 1.807) is 12.1 Å². The van der Waals surface area contributed by atoms with Crippen molar-refractivity contribution in [3.63, 3.8) is 0 Å². The fourth-order valence-electron chi connectivity index (χ4n) is 3.81. The Morgan fingerprint density at radius 3 is 1.89 bits per heavy atom. The second-order valence-electron chi connectivity index (χ2n) is 5.53. The summed E-state index contributed by atoms with van der Waals surface area (Å²) in [5.41, 5.74) is 0.654. The molecule has 96 valence electrons. The zero-order chi connectivity index (χ0) is 12.7. The molecule has 4 fully saturated rings. The fraction of sp³-hybridized carbons (Fsp3) is 0.429. The zero-order valence-electron chi connectivity index (χ0n) is 9.93. The molecule has 5 rings (SSSR count). The van der Waals surface area contributed by atoms with Crippen molar-refractivity contribution in [1.82, 2.24) is 0 Å². The minimum absolute atomic E-state index is 0.0405. The van der Waals surface area contributed by atoms with Crippen molar-refractivity contribution >= 4 is 17.5 Å². The van der Waals surface area contributed by atoms with Crippen molar-refractivity contribution < 1.29 is 19.1 Å². The Morgan fingerprint density at radius 1 is 0.789 bits per heavy atom. The summed E-state index contributed by atoms with van der Waals surface area (Å²) in [6.07, 6.45) is -0.354. The van der Waals surface area contributed by atoms with E-state index in [0.717, 1.165) is 0 Å². The summed E-state index contributed by atoms with van der Waals surface area (Å²) in [7, 11) is 0. The number of ether oxygens (including phenoxy) is 2. The minimum Gasteiger partial charge on any atom is -0.368 e. The molecule has 1 aromatic carbocycles. The lowest BCUT2D eigenvalue weighted by Gasteiger charge is -2.18. The molecular formula is C14H11NO4. The first-order valence-electron chi connectivity index (χ1n) is 6.51. The fourth-order valence-corrected chi connectivity index (χ4v) is 3.81. The van der Waals surface area contributed by atoms with Crippen LogP contribution in [0.5, 0.6) is 0 Å². The molecule has 0 spiro atoms. The highest BCUT2D eigenvalue weighted by molar-refractivity contribution is 6.23. The van der Waals surface area contributed by atoms with E-state index in [4.69, 9.17) is 9.47 Å². The Bertz CT molecular complexity index is 569. The maximum absolute atomic E-state index is 12.5. The van der Waals surface area contributed by atoms with Gasteiger partial charge in [0.25, 0.3) is 0 Å². The molecule has 5 heteroatoms. The monoisotopic (exact) mass is 257 g/mol. The van der Waals surface area contributed by atoms with E-state index in [-0.39, 0.29) is 48.1 Å². The number of amides is 2. The van der Waals surface area contributed by atoms with Crippen molar-refractivity contribution in [3.8, 4) is 0 Å². The van der Waals surface area contributed by atoms with Gasteiger partial charge in [0.15, 0.2) is 0 Å². The van der Waals surface area contributed by atoms with Crippen LogP contribution in [-0.4, -0.2) is 36.2 Å². The molecule has 4 aliphatic rings. The first kappa shape index (κ1) is 10.1. The van der Waals surface area contributed by atoms with Crippen molar-refractivity contribution in [1.29, 1.82) is 0 Å². The molecule has 4 saturated heterocycles. The predicted molar refractivity (Wildman–Crippen MR) is 63.2 cm³/mol. The highest BCUT2D eigenvalue weighted by Crippen LogP contribution is 2.57. The maximum Gasteiger partial charge on any atom is 0.240 e. The lowest BCUT2D eigenvalue weighted by Crippen LogP contribution is -2.35. The molecule has 0 aliphatic carbocycles. The Morgan fingerprint density at radius 2 is 1.32 bits per heavy atom. The van der Waals surface area contributed by atoms with Gasteiger partial charge in [-0.15, -0.1) is 0 Å². The van der Waals surface area contributed by atoms with Gasteiger partial charge in [-0.25, -0.2) is 4.90 Å². The van der Waals surface area contributed by atoms with Gasteiger partial charge in [0, 0.05) is 0 Å². The van der Waals surface area contributed by atoms with Crippen LogP contribution in [0.3, 0.4) is 0 Å². The third-order valence-electron chi connectivity index (χ3n) is 4.64. The van der Waals surface area contributed by atoms with Crippen LogP contribution in [0.25, 0.3) is 0 Å². The molecule has 0 aromatic heterocycles. The molecule has 0 radical (unpaired) electrons. The zero-order valence-corrected chi connectivity index (χ0v) is 9.93. The van der Waals surface area contributed by atoms with Gasteiger partial charge >= 0.3 is 0 Å². The molecule has 0 N–H and O–H groups in total. The Balaban J connectivity index is 1.58. The number of fused-ring (bicyclic) bond motifs is 8. The number of rotatable bonds is 1. The molecule has 1 aromatic rings. The summed E-state index contributed by atoms with van der Waals surface area (Å²) in [4.78, 5) is 26.4. The molecular weight excluding hydrogens is 246 g/mol. The lowest BCUT2D eigenvalue weighted by atomic mass is 9.81. The van der Waals surface area contributed by atoms with Gasteiger partial charge in [0.05, 0.1) is 29.7 Å². The summed E-state index contributed by atoms with van der Waals surface area (Å²) < 4.78 is 11.2. The van der Waals surface area contributed by atoms with E-state index in [9.17, 15) is 9.59 Å². The van der Waals surface area contributed by atoms with E-state index < -0.39 is 0 Å². The van der Waals surface area contributed by atoms with E-state index in [1.165, 1.54) is 4.90 Å². The number of hydrogen-bond acceptors (Lipinski definition) is 4. The molecule has 0 saturated carbocycles. The summed E-state index contributed by atoms with van der Waals surface area (Å²) >= 11 is 0. The summed E-state index contributed by atoms with van der Waals surface area (Å²) in [5.74, 6) is -0.965. The molecule has 4 aliphatic heterocycles. The quantitative estimate of drug-likeness (QED) is 0.537. The van der Waals surface area contributed by atoms with Crippen LogP contribution in [-0.2, 0) is 19.1 Å². The van der Waals surface area contributed by atoms with Gasteiger partial charge < -0.3 is 9.47 Å². The standard InChI is InChI=1S/C14H11NO4/c16-13-7-8(10-12-11(19-12)9(7)18-10)14(17)15(13)6-4-2-1-3-5-6/h1-5,7-12H. The Hall–Kier alpha value is -1.72. The average Bonchev–Trinajstić information content (AvgIpc) is 2.94. The largest absolute Gasteiger partial charge is 0.368 e. The van der Waals surface area contributed by atoms with E-state index in [2.05, 4.69) is 0 Å². The average molecular weight is 257 g/mol.